The van der Waals surface area contributed by atoms with Crippen molar-refractivity contribution in [2.45, 2.75) is 26.4 Å². The first kappa shape index (κ1) is 17.0. The number of nitrogens with zero attached hydrogens (tertiary/aromatic N) is 1. The lowest BCUT2D eigenvalue weighted by atomic mass is 9.99. The van der Waals surface area contributed by atoms with Gasteiger partial charge in [-0.1, -0.05) is 36.4 Å². The Bertz CT molecular complexity index is 651. The Morgan fingerprint density at radius 3 is 2.30 bits per heavy atom. The Hall–Kier alpha value is -2.33. The van der Waals surface area contributed by atoms with Gasteiger partial charge in [0.25, 0.3) is 0 Å². The molecule has 1 atom stereocenters. The van der Waals surface area contributed by atoms with Crippen LogP contribution >= 0.6 is 0 Å². The van der Waals surface area contributed by atoms with E-state index in [0.29, 0.717) is 11.1 Å². The highest BCUT2D eigenvalue weighted by Crippen LogP contribution is 2.31. The summed E-state index contributed by atoms with van der Waals surface area (Å²) in [5.74, 6) is -0.131. The minimum Gasteiger partial charge on any atom is -0.507 e. The van der Waals surface area contributed by atoms with E-state index in [-0.39, 0.29) is 18.0 Å². The van der Waals surface area contributed by atoms with Crippen molar-refractivity contribution in [3.63, 3.8) is 0 Å². The molecule has 4 nitrogen and oxygen atoms in total. The van der Waals surface area contributed by atoms with Gasteiger partial charge in [-0.2, -0.15) is 0 Å². The molecule has 2 aromatic carbocycles. The molecule has 0 amide bonds. The van der Waals surface area contributed by atoms with Gasteiger partial charge in [0.1, 0.15) is 5.75 Å². The number of hydrogen-bond donors (Lipinski definition) is 2. The van der Waals surface area contributed by atoms with Crippen molar-refractivity contribution in [1.82, 2.24) is 0 Å². The van der Waals surface area contributed by atoms with Gasteiger partial charge in [0.2, 0.25) is 0 Å². The van der Waals surface area contributed by atoms with Crippen molar-refractivity contribution in [3.05, 3.63) is 59.7 Å². The number of carbonyl (C=O) groups excluding carboxylic acids is 1. The third kappa shape index (κ3) is 4.11. The summed E-state index contributed by atoms with van der Waals surface area (Å²) in [4.78, 5) is 14.3. The molecule has 0 spiro atoms. The highest BCUT2D eigenvalue weighted by Gasteiger charge is 2.18. The molecule has 23 heavy (non-hydrogen) atoms. The number of Topliss-reactive ketones (excluding diaryl/α,β-unsaturated/α-hetero) is 1. The van der Waals surface area contributed by atoms with Crippen LogP contribution in [0.4, 0.5) is 5.69 Å². The average Bonchev–Trinajstić information content (AvgIpc) is 2.56. The number of aliphatic hydroxyl groups excluding tert-OH is 1. The molecule has 0 heterocycles. The molecule has 4 heteroatoms. The van der Waals surface area contributed by atoms with Gasteiger partial charge >= 0.3 is 0 Å². The summed E-state index contributed by atoms with van der Waals surface area (Å²) in [6, 6.07) is 14.0. The Kier molecular flexibility index (Phi) is 5.77. The van der Waals surface area contributed by atoms with E-state index >= 15 is 0 Å². The number of anilines is 1. The summed E-state index contributed by atoms with van der Waals surface area (Å²) >= 11 is 0. The molecule has 0 radical (unpaired) electrons. The lowest BCUT2D eigenvalue weighted by molar-refractivity contribution is 0.0877. The fraction of sp³-hybridized carbons (Fsp3) is 0.316. The average molecular weight is 313 g/mol. The molecule has 1 unspecified atom stereocenters. The minimum atomic E-state index is -1.02. The molecule has 0 bridgehead atoms. The largest absolute Gasteiger partial charge is 0.507 e. The predicted molar refractivity (Wildman–Crippen MR) is 92.0 cm³/mol. The van der Waals surface area contributed by atoms with Crippen LogP contribution in [0.2, 0.25) is 0 Å². The number of aromatic hydroxyl groups is 1. The van der Waals surface area contributed by atoms with Crippen LogP contribution in [0, 0.1) is 0 Å². The van der Waals surface area contributed by atoms with Crippen molar-refractivity contribution >= 4 is 11.5 Å². The van der Waals surface area contributed by atoms with Crippen molar-refractivity contribution in [2.24, 2.45) is 0 Å². The third-order valence-electron chi connectivity index (χ3n) is 3.98. The highest BCUT2D eigenvalue weighted by molar-refractivity contribution is 5.96. The zero-order chi connectivity index (χ0) is 16.8. The van der Waals surface area contributed by atoms with Gasteiger partial charge < -0.3 is 15.1 Å². The van der Waals surface area contributed by atoms with Crippen molar-refractivity contribution in [1.29, 1.82) is 0 Å². The summed E-state index contributed by atoms with van der Waals surface area (Å²) in [6.45, 7) is 5.76. The number of carbonyl (C=O) groups is 1. The van der Waals surface area contributed by atoms with Gasteiger partial charge in [-0.25, -0.2) is 0 Å². The molecule has 2 N–H and O–H groups in total. The SMILES string of the molecule is CCN(CC)c1ccc(C(O)CC(=O)c2ccccc2)c(O)c1. The van der Waals surface area contributed by atoms with Crippen LogP contribution in [-0.4, -0.2) is 29.1 Å². The summed E-state index contributed by atoms with van der Waals surface area (Å²) in [7, 11) is 0. The van der Waals surface area contributed by atoms with E-state index < -0.39 is 6.10 Å². The standard InChI is InChI=1S/C19H23NO3/c1-3-20(4-2)15-10-11-16(18(22)12-15)19(23)13-17(21)14-8-6-5-7-9-14/h5-12,19,22-23H,3-4,13H2,1-2H3. The fourth-order valence-corrected chi connectivity index (χ4v) is 2.63. The van der Waals surface area contributed by atoms with Gasteiger partial charge in [0.05, 0.1) is 6.10 Å². The first-order chi connectivity index (χ1) is 11.1. The predicted octanol–water partition coefficient (Wildman–Crippen LogP) is 3.54. The smallest absolute Gasteiger partial charge is 0.165 e. The van der Waals surface area contributed by atoms with Crippen LogP contribution in [0.15, 0.2) is 48.5 Å². The molecule has 0 aliphatic rings. The Morgan fingerprint density at radius 1 is 1.09 bits per heavy atom. The highest BCUT2D eigenvalue weighted by atomic mass is 16.3. The zero-order valence-electron chi connectivity index (χ0n) is 13.6. The van der Waals surface area contributed by atoms with Crippen LogP contribution in [0.3, 0.4) is 0 Å². The van der Waals surface area contributed by atoms with E-state index in [4.69, 9.17) is 0 Å². The number of phenols is 1. The van der Waals surface area contributed by atoms with E-state index in [9.17, 15) is 15.0 Å². The quantitative estimate of drug-likeness (QED) is 0.768. The summed E-state index contributed by atoms with van der Waals surface area (Å²) in [5.41, 5.74) is 1.84. The van der Waals surface area contributed by atoms with E-state index in [0.717, 1.165) is 18.8 Å². The fourth-order valence-electron chi connectivity index (χ4n) is 2.63. The Labute approximate surface area is 137 Å². The van der Waals surface area contributed by atoms with Crippen LogP contribution in [0.5, 0.6) is 5.75 Å². The third-order valence-corrected chi connectivity index (χ3v) is 3.98. The summed E-state index contributed by atoms with van der Waals surface area (Å²) in [6.07, 6.45) is -1.07. The maximum atomic E-state index is 12.2. The lowest BCUT2D eigenvalue weighted by Gasteiger charge is -2.22. The van der Waals surface area contributed by atoms with E-state index in [2.05, 4.69) is 4.90 Å². The maximum Gasteiger partial charge on any atom is 0.165 e. The molecule has 0 saturated heterocycles. The number of rotatable bonds is 7. The molecular weight excluding hydrogens is 290 g/mol. The van der Waals surface area contributed by atoms with Crippen LogP contribution in [0.25, 0.3) is 0 Å². The van der Waals surface area contributed by atoms with Gasteiger partial charge in [-0.05, 0) is 19.9 Å². The number of hydrogen-bond acceptors (Lipinski definition) is 4. The van der Waals surface area contributed by atoms with E-state index in [1.807, 2.05) is 26.0 Å². The number of benzene rings is 2. The maximum absolute atomic E-state index is 12.2. The zero-order valence-corrected chi connectivity index (χ0v) is 13.6. The summed E-state index contributed by atoms with van der Waals surface area (Å²) < 4.78 is 0. The molecule has 2 rings (SSSR count). The van der Waals surface area contributed by atoms with Crippen molar-refractivity contribution < 1.29 is 15.0 Å². The van der Waals surface area contributed by atoms with Gasteiger partial charge in [0, 0.05) is 42.4 Å². The molecule has 122 valence electrons. The first-order valence-electron chi connectivity index (χ1n) is 7.91. The second-order valence-electron chi connectivity index (χ2n) is 5.42. The Balaban J connectivity index is 2.13. The van der Waals surface area contributed by atoms with E-state index in [1.54, 1.807) is 36.4 Å². The van der Waals surface area contributed by atoms with Gasteiger partial charge in [-0.15, -0.1) is 0 Å². The minimum absolute atomic E-state index is 0.0164. The van der Waals surface area contributed by atoms with Crippen molar-refractivity contribution in [3.8, 4) is 5.75 Å². The molecule has 0 fully saturated rings. The van der Waals surface area contributed by atoms with E-state index in [1.165, 1.54) is 0 Å². The van der Waals surface area contributed by atoms with Crippen LogP contribution in [0.1, 0.15) is 42.3 Å². The normalized spacial score (nSPS) is 12.0. The molecule has 0 aliphatic carbocycles. The lowest BCUT2D eigenvalue weighted by Crippen LogP contribution is -2.21. The number of aliphatic hydroxyl groups is 1. The van der Waals surface area contributed by atoms with Crippen LogP contribution in [-0.2, 0) is 0 Å². The second kappa shape index (κ2) is 7.79. The van der Waals surface area contributed by atoms with Crippen LogP contribution < -0.4 is 4.90 Å². The summed E-state index contributed by atoms with van der Waals surface area (Å²) in [5, 5.41) is 20.5. The number of ketones is 1. The Morgan fingerprint density at radius 2 is 1.74 bits per heavy atom. The number of phenolic OH excluding ortho intramolecular Hbond substituents is 1. The monoisotopic (exact) mass is 313 g/mol. The second-order valence-corrected chi connectivity index (χ2v) is 5.42. The molecule has 0 saturated carbocycles. The first-order valence-corrected chi connectivity index (χ1v) is 7.91. The van der Waals surface area contributed by atoms with Gasteiger partial charge in [-0.3, -0.25) is 4.79 Å². The van der Waals surface area contributed by atoms with Crippen molar-refractivity contribution in [2.75, 3.05) is 18.0 Å². The topological polar surface area (TPSA) is 60.8 Å². The molecule has 0 aliphatic heterocycles. The van der Waals surface area contributed by atoms with Gasteiger partial charge in [0.15, 0.2) is 5.78 Å². The molecule has 0 aromatic heterocycles. The molecule has 2 aromatic rings. The molecular formula is C19H23NO3.